The Balaban J connectivity index is 1.18. The number of halogens is 2. The molecule has 7 rings (SSSR count). The molecule has 7 aromatic rings. The van der Waals surface area contributed by atoms with Gasteiger partial charge in [-0.05, 0) is 72.3 Å². The Bertz CT molecular complexity index is 2510. The number of benzene rings is 4. The fourth-order valence-electron chi connectivity index (χ4n) is 5.73. The minimum absolute atomic E-state index is 0.00178. The molecule has 0 atom stereocenters. The van der Waals surface area contributed by atoms with E-state index in [-0.39, 0.29) is 5.02 Å². The van der Waals surface area contributed by atoms with Gasteiger partial charge in [0.25, 0.3) is 0 Å². The van der Waals surface area contributed by atoms with Gasteiger partial charge in [0.2, 0.25) is 0 Å². The topological polar surface area (TPSA) is 125 Å². The summed E-state index contributed by atoms with van der Waals surface area (Å²) in [6.45, 7) is 1.55. The highest BCUT2D eigenvalue weighted by Gasteiger charge is 2.15. The van der Waals surface area contributed by atoms with Crippen molar-refractivity contribution < 1.29 is 23.3 Å². The predicted molar refractivity (Wildman–Crippen MR) is 211 cm³/mol. The molecule has 3 heterocycles. The van der Waals surface area contributed by atoms with Crippen LogP contribution in [0.25, 0.3) is 21.7 Å². The van der Waals surface area contributed by atoms with E-state index in [1.165, 1.54) is 18.5 Å². The number of rotatable bonds is 14. The van der Waals surface area contributed by atoms with Gasteiger partial charge < -0.3 is 29.6 Å². The van der Waals surface area contributed by atoms with Crippen molar-refractivity contribution in [3.8, 4) is 23.3 Å². The van der Waals surface area contributed by atoms with Crippen LogP contribution >= 0.6 is 11.6 Å². The molecule has 0 fully saturated rings. The smallest absolute Gasteiger partial charge is 0.163 e. The number of hydrogen-bond acceptors (Lipinski definition) is 11. The molecular weight excluding hydrogens is 721 g/mol. The summed E-state index contributed by atoms with van der Waals surface area (Å²) in [5.74, 6) is 8.27. The highest BCUT2D eigenvalue weighted by atomic mass is 35.5. The van der Waals surface area contributed by atoms with Crippen molar-refractivity contribution in [2.24, 2.45) is 0 Å². The first-order chi connectivity index (χ1) is 27.0. The van der Waals surface area contributed by atoms with Crippen LogP contribution in [0.1, 0.15) is 22.4 Å². The van der Waals surface area contributed by atoms with Crippen LogP contribution in [-0.4, -0.2) is 65.8 Å². The number of hydrogen-bond donors (Lipinski definition) is 2. The molecule has 0 unspecified atom stereocenters. The average Bonchev–Trinajstić information content (AvgIpc) is 3.20. The Morgan fingerprint density at radius 1 is 0.673 bits per heavy atom. The van der Waals surface area contributed by atoms with Crippen LogP contribution in [0.4, 0.5) is 27.4 Å². The maximum atomic E-state index is 13.9. The molecule has 0 saturated heterocycles. The molecule has 11 nitrogen and oxygen atoms in total. The first kappa shape index (κ1) is 36.9. The van der Waals surface area contributed by atoms with Crippen LogP contribution in [0.5, 0.6) is 11.5 Å². The van der Waals surface area contributed by atoms with E-state index in [0.29, 0.717) is 67.2 Å². The summed E-state index contributed by atoms with van der Waals surface area (Å²) < 4.78 is 36.2. The number of pyridine rings is 1. The van der Waals surface area contributed by atoms with Gasteiger partial charge in [-0.2, -0.15) is 5.10 Å². The van der Waals surface area contributed by atoms with Crippen LogP contribution < -0.4 is 20.1 Å². The van der Waals surface area contributed by atoms with Gasteiger partial charge in [0.15, 0.2) is 17.3 Å². The van der Waals surface area contributed by atoms with Gasteiger partial charge in [-0.3, -0.25) is 4.98 Å². The molecule has 0 radical (unpaired) electrons. The second-order valence-electron chi connectivity index (χ2n) is 12.2. The highest BCUT2D eigenvalue weighted by molar-refractivity contribution is 6.31. The van der Waals surface area contributed by atoms with Crippen molar-refractivity contribution in [2.75, 3.05) is 51.3 Å². The fourth-order valence-corrected chi connectivity index (χ4v) is 5.91. The lowest BCUT2D eigenvalue weighted by Crippen LogP contribution is -2.09. The van der Waals surface area contributed by atoms with E-state index in [9.17, 15) is 4.39 Å². The van der Waals surface area contributed by atoms with Gasteiger partial charge in [0.1, 0.15) is 31.2 Å². The number of aromatic nitrogens is 5. The lowest BCUT2D eigenvalue weighted by atomic mass is 10.0. The molecule has 0 aliphatic carbocycles. The van der Waals surface area contributed by atoms with E-state index in [1.807, 2.05) is 66.7 Å². The second kappa shape index (κ2) is 17.6. The molecule has 0 aliphatic heterocycles. The van der Waals surface area contributed by atoms with Gasteiger partial charge in [0, 0.05) is 77.8 Å². The van der Waals surface area contributed by atoms with Gasteiger partial charge >= 0.3 is 0 Å². The summed E-state index contributed by atoms with van der Waals surface area (Å²) in [5, 5.41) is 18.2. The van der Waals surface area contributed by atoms with Crippen LogP contribution in [0.15, 0.2) is 104 Å². The van der Waals surface area contributed by atoms with Crippen LogP contribution in [-0.2, 0) is 15.9 Å². The lowest BCUT2D eigenvalue weighted by molar-refractivity contribution is 0.132. The first-order valence-corrected chi connectivity index (χ1v) is 17.7. The first-order valence-electron chi connectivity index (χ1n) is 17.3. The second-order valence-corrected chi connectivity index (χ2v) is 12.6. The zero-order valence-corrected chi connectivity index (χ0v) is 30.7. The van der Waals surface area contributed by atoms with Crippen LogP contribution in [0, 0.1) is 17.7 Å². The fraction of sp³-hybridized carbons (Fsp3) is 0.167. The monoisotopic (exact) mass is 755 g/mol. The minimum Gasteiger partial charge on any atom is -0.487 e. The Morgan fingerprint density at radius 3 is 2.16 bits per heavy atom. The van der Waals surface area contributed by atoms with Crippen molar-refractivity contribution >= 4 is 56.3 Å². The molecule has 276 valence electrons. The molecule has 0 spiro atoms. The Kier molecular flexibility index (Phi) is 11.8. The Hall–Kier alpha value is -6.39. The number of methoxy groups -OCH3 is 2. The van der Waals surface area contributed by atoms with Crippen molar-refractivity contribution in [2.45, 2.75) is 6.42 Å². The number of nitrogens with one attached hydrogen (secondary N) is 2. The maximum Gasteiger partial charge on any atom is 0.163 e. The van der Waals surface area contributed by atoms with Crippen LogP contribution in [0.3, 0.4) is 0 Å². The SMILES string of the molecule is COCCOc1cc2ncnc(Nc3cccc(C#Cc4ccc5c(Cc6ccncc6)nnc(Nc6ccc(F)c(Cl)c6)c5c4)c3)c2cc1OCCOC. The normalized spacial score (nSPS) is 10.9. The lowest BCUT2D eigenvalue weighted by Gasteiger charge is -2.15. The summed E-state index contributed by atoms with van der Waals surface area (Å²) >= 11 is 6.07. The average molecular weight is 756 g/mol. The van der Waals surface area contributed by atoms with E-state index >= 15 is 0 Å². The molecular formula is C42H35ClFN7O4. The van der Waals surface area contributed by atoms with E-state index in [1.54, 1.807) is 32.7 Å². The molecule has 3 aromatic heterocycles. The van der Waals surface area contributed by atoms with E-state index in [2.05, 4.69) is 47.6 Å². The third-order valence-corrected chi connectivity index (χ3v) is 8.72. The van der Waals surface area contributed by atoms with Gasteiger partial charge in [-0.15, -0.1) is 5.10 Å². The summed E-state index contributed by atoms with van der Waals surface area (Å²) in [5.41, 5.74) is 5.44. The van der Waals surface area contributed by atoms with E-state index in [0.717, 1.165) is 44.2 Å². The van der Waals surface area contributed by atoms with E-state index < -0.39 is 5.82 Å². The molecule has 0 amide bonds. The van der Waals surface area contributed by atoms with Crippen LogP contribution in [0.2, 0.25) is 5.02 Å². The number of nitrogens with zero attached hydrogens (tertiary/aromatic N) is 5. The van der Waals surface area contributed by atoms with Crippen molar-refractivity contribution in [3.63, 3.8) is 0 Å². The minimum atomic E-state index is -0.506. The molecule has 0 saturated carbocycles. The van der Waals surface area contributed by atoms with Crippen molar-refractivity contribution in [1.29, 1.82) is 0 Å². The maximum absolute atomic E-state index is 13.9. The summed E-state index contributed by atoms with van der Waals surface area (Å²) in [6.07, 6.45) is 5.56. The summed E-state index contributed by atoms with van der Waals surface area (Å²) in [6, 6.07) is 25.7. The molecule has 4 aromatic carbocycles. The van der Waals surface area contributed by atoms with Gasteiger partial charge in [0.05, 0.1) is 29.4 Å². The zero-order valence-electron chi connectivity index (χ0n) is 30.0. The number of ether oxygens (including phenoxy) is 4. The Labute approximate surface area is 321 Å². The standard InChI is InChI=1S/C42H35ClFN7O4/c1-52-16-18-54-39-24-34-37(25-40(39)55-19-17-53-2)46-26-47-41(34)48-30-5-3-4-27(20-30)6-7-28-8-10-32-33(21-28)42(49-31-9-11-36(44)35(43)23-31)51-50-38(32)22-29-12-14-45-15-13-29/h3-5,8-15,20-21,23-26H,16-19,22H2,1-2H3,(H,49,51)(H,46,47,48). The van der Waals surface area contributed by atoms with Crippen molar-refractivity contribution in [1.82, 2.24) is 25.1 Å². The third-order valence-electron chi connectivity index (χ3n) is 8.43. The number of fused-ring (bicyclic) bond motifs is 2. The quantitative estimate of drug-likeness (QED) is 0.0823. The third kappa shape index (κ3) is 9.23. The molecule has 0 bridgehead atoms. The largest absolute Gasteiger partial charge is 0.487 e. The summed E-state index contributed by atoms with van der Waals surface area (Å²) in [4.78, 5) is 13.1. The molecule has 55 heavy (non-hydrogen) atoms. The van der Waals surface area contributed by atoms with Gasteiger partial charge in [-0.25, -0.2) is 14.4 Å². The summed E-state index contributed by atoms with van der Waals surface area (Å²) in [7, 11) is 3.24. The predicted octanol–water partition coefficient (Wildman–Crippen LogP) is 8.29. The highest BCUT2D eigenvalue weighted by Crippen LogP contribution is 2.35. The van der Waals surface area contributed by atoms with E-state index in [4.69, 9.17) is 30.5 Å². The van der Waals surface area contributed by atoms with Gasteiger partial charge in [-0.1, -0.05) is 35.6 Å². The zero-order chi connectivity index (χ0) is 38.0. The molecule has 0 aliphatic rings. The van der Waals surface area contributed by atoms with Crippen molar-refractivity contribution in [3.05, 3.63) is 137 Å². The molecule has 2 N–H and O–H groups in total. The molecule has 13 heteroatoms. The number of anilines is 4. The Morgan fingerprint density at radius 2 is 1.40 bits per heavy atom.